The number of aromatic nitrogens is 4. The third kappa shape index (κ3) is 2.85. The van der Waals surface area contributed by atoms with Crippen LogP contribution in [0.5, 0.6) is 17.4 Å². The summed E-state index contributed by atoms with van der Waals surface area (Å²) in [6, 6.07) is 7.66. The fourth-order valence-electron chi connectivity index (χ4n) is 3.38. The second-order valence-electron chi connectivity index (χ2n) is 6.53. The number of aryl methyl sites for hydroxylation is 2. The van der Waals surface area contributed by atoms with E-state index < -0.39 is 0 Å². The second kappa shape index (κ2) is 6.92. The molecule has 1 aromatic carbocycles. The van der Waals surface area contributed by atoms with E-state index in [4.69, 9.17) is 14.5 Å². The standard InChI is InChI=1S/C21H22N4O3/c1-5-24-11-15(10-22-24)25-12-17-20(21(25)26)13(2)8-16(23-17)14-6-7-18(27-3)19(9-14)28-4/h6-12,26H,5H2,1-4H3. The summed E-state index contributed by atoms with van der Waals surface area (Å²) in [4.78, 5) is 4.77. The van der Waals surface area contributed by atoms with Crippen LogP contribution >= 0.6 is 0 Å². The van der Waals surface area contributed by atoms with E-state index in [1.54, 1.807) is 25.0 Å². The zero-order valence-corrected chi connectivity index (χ0v) is 16.3. The van der Waals surface area contributed by atoms with Gasteiger partial charge in [0.15, 0.2) is 11.5 Å². The normalized spacial score (nSPS) is 11.1. The second-order valence-corrected chi connectivity index (χ2v) is 6.53. The number of pyridine rings is 1. The van der Waals surface area contributed by atoms with Crippen molar-refractivity contribution in [2.75, 3.05) is 14.2 Å². The van der Waals surface area contributed by atoms with Gasteiger partial charge in [-0.05, 0) is 43.7 Å². The predicted molar refractivity (Wildman–Crippen MR) is 107 cm³/mol. The number of ether oxygens (including phenoxy) is 2. The highest BCUT2D eigenvalue weighted by molar-refractivity contribution is 5.90. The Morgan fingerprint density at radius 1 is 1.07 bits per heavy atom. The minimum atomic E-state index is 0.162. The van der Waals surface area contributed by atoms with E-state index in [1.165, 1.54) is 0 Å². The first-order valence-corrected chi connectivity index (χ1v) is 9.02. The summed E-state index contributed by atoms with van der Waals surface area (Å²) in [5.74, 6) is 1.47. The van der Waals surface area contributed by atoms with Crippen molar-refractivity contribution in [3.8, 4) is 34.3 Å². The molecular weight excluding hydrogens is 356 g/mol. The van der Waals surface area contributed by atoms with Crippen molar-refractivity contribution in [3.63, 3.8) is 0 Å². The highest BCUT2D eigenvalue weighted by Crippen LogP contribution is 2.36. The van der Waals surface area contributed by atoms with Crippen LogP contribution in [0.4, 0.5) is 0 Å². The van der Waals surface area contributed by atoms with Crippen molar-refractivity contribution in [1.29, 1.82) is 0 Å². The molecule has 4 aromatic rings. The van der Waals surface area contributed by atoms with Crippen molar-refractivity contribution in [3.05, 3.63) is 48.4 Å². The Kier molecular flexibility index (Phi) is 4.43. The topological polar surface area (TPSA) is 74.3 Å². The van der Waals surface area contributed by atoms with Gasteiger partial charge in [0.1, 0.15) is 0 Å². The van der Waals surface area contributed by atoms with E-state index in [9.17, 15) is 5.11 Å². The van der Waals surface area contributed by atoms with Crippen molar-refractivity contribution in [1.82, 2.24) is 19.3 Å². The highest BCUT2D eigenvalue weighted by atomic mass is 16.5. The minimum absolute atomic E-state index is 0.162. The van der Waals surface area contributed by atoms with Crippen LogP contribution in [-0.4, -0.2) is 38.7 Å². The van der Waals surface area contributed by atoms with Gasteiger partial charge in [0.25, 0.3) is 0 Å². The predicted octanol–water partition coefficient (Wildman–Crippen LogP) is 3.94. The Morgan fingerprint density at radius 2 is 1.86 bits per heavy atom. The van der Waals surface area contributed by atoms with Crippen LogP contribution in [-0.2, 0) is 6.54 Å². The molecule has 3 heterocycles. The molecular formula is C21H22N4O3. The van der Waals surface area contributed by atoms with Gasteiger partial charge >= 0.3 is 0 Å². The lowest BCUT2D eigenvalue weighted by atomic mass is 10.1. The molecule has 7 heteroatoms. The first kappa shape index (κ1) is 17.9. The molecule has 144 valence electrons. The molecule has 0 unspecified atom stereocenters. The maximum Gasteiger partial charge on any atom is 0.205 e. The van der Waals surface area contributed by atoms with Crippen molar-refractivity contribution in [2.24, 2.45) is 0 Å². The lowest BCUT2D eigenvalue weighted by Gasteiger charge is -2.10. The van der Waals surface area contributed by atoms with Crippen LogP contribution in [0.1, 0.15) is 12.5 Å². The van der Waals surface area contributed by atoms with Gasteiger partial charge in [-0.3, -0.25) is 9.25 Å². The van der Waals surface area contributed by atoms with Gasteiger partial charge in [-0.1, -0.05) is 0 Å². The Labute approximate surface area is 162 Å². The molecule has 0 aliphatic heterocycles. The average Bonchev–Trinajstić information content (AvgIpc) is 3.31. The van der Waals surface area contributed by atoms with E-state index in [1.807, 2.05) is 55.2 Å². The van der Waals surface area contributed by atoms with E-state index in [0.717, 1.165) is 34.4 Å². The minimum Gasteiger partial charge on any atom is -0.494 e. The van der Waals surface area contributed by atoms with Crippen LogP contribution in [0, 0.1) is 6.92 Å². The maximum absolute atomic E-state index is 10.8. The van der Waals surface area contributed by atoms with E-state index in [0.29, 0.717) is 17.0 Å². The molecule has 0 saturated heterocycles. The molecule has 0 aliphatic carbocycles. The Bertz CT molecular complexity index is 1160. The van der Waals surface area contributed by atoms with Gasteiger partial charge in [-0.25, -0.2) is 4.98 Å². The number of fused-ring (bicyclic) bond motifs is 1. The molecule has 0 amide bonds. The van der Waals surface area contributed by atoms with Crippen molar-refractivity contribution >= 4 is 10.9 Å². The number of nitrogens with zero attached hydrogens (tertiary/aromatic N) is 4. The first-order valence-electron chi connectivity index (χ1n) is 9.02. The molecule has 0 radical (unpaired) electrons. The fourth-order valence-corrected chi connectivity index (χ4v) is 3.38. The lowest BCUT2D eigenvalue weighted by Crippen LogP contribution is -1.93. The van der Waals surface area contributed by atoms with Gasteiger partial charge in [-0.15, -0.1) is 0 Å². The Hall–Kier alpha value is -3.48. The van der Waals surface area contributed by atoms with E-state index in [2.05, 4.69) is 5.10 Å². The zero-order chi connectivity index (χ0) is 19.8. The summed E-state index contributed by atoms with van der Waals surface area (Å²) >= 11 is 0. The number of aromatic hydroxyl groups is 1. The zero-order valence-electron chi connectivity index (χ0n) is 16.3. The smallest absolute Gasteiger partial charge is 0.205 e. The lowest BCUT2D eigenvalue weighted by molar-refractivity contribution is 0.355. The van der Waals surface area contributed by atoms with Crippen LogP contribution in [0.25, 0.3) is 27.8 Å². The van der Waals surface area contributed by atoms with E-state index in [-0.39, 0.29) is 5.88 Å². The van der Waals surface area contributed by atoms with Gasteiger partial charge in [0.05, 0.1) is 42.7 Å². The molecule has 0 bridgehead atoms. The number of rotatable bonds is 5. The highest BCUT2D eigenvalue weighted by Gasteiger charge is 2.16. The van der Waals surface area contributed by atoms with Crippen LogP contribution in [0.3, 0.4) is 0 Å². The summed E-state index contributed by atoms with van der Waals surface area (Å²) in [6.45, 7) is 4.75. The summed E-state index contributed by atoms with van der Waals surface area (Å²) < 4.78 is 14.2. The molecule has 4 rings (SSSR count). The summed E-state index contributed by atoms with van der Waals surface area (Å²) in [6.07, 6.45) is 5.45. The third-order valence-electron chi connectivity index (χ3n) is 4.85. The van der Waals surface area contributed by atoms with Crippen LogP contribution < -0.4 is 9.47 Å². The van der Waals surface area contributed by atoms with Crippen molar-refractivity contribution in [2.45, 2.75) is 20.4 Å². The molecule has 0 fully saturated rings. The number of benzene rings is 1. The molecule has 0 saturated carbocycles. The monoisotopic (exact) mass is 378 g/mol. The molecule has 1 N–H and O–H groups in total. The fraction of sp³-hybridized carbons (Fsp3) is 0.238. The van der Waals surface area contributed by atoms with Gasteiger partial charge in [0, 0.05) is 24.5 Å². The molecule has 0 aliphatic rings. The molecule has 28 heavy (non-hydrogen) atoms. The van der Waals surface area contributed by atoms with Gasteiger partial charge < -0.3 is 14.6 Å². The quantitative estimate of drug-likeness (QED) is 0.569. The number of methoxy groups -OCH3 is 2. The number of hydrogen-bond acceptors (Lipinski definition) is 5. The SMILES string of the molecule is CCn1cc(-n2cc3nc(-c4ccc(OC)c(OC)c4)cc(C)c3c2O)cn1. The first-order chi connectivity index (χ1) is 13.5. The molecule has 0 atom stereocenters. The summed E-state index contributed by atoms with van der Waals surface area (Å²) in [5.41, 5.74) is 4.16. The number of hydrogen-bond donors (Lipinski definition) is 1. The van der Waals surface area contributed by atoms with Gasteiger partial charge in [-0.2, -0.15) is 5.10 Å². The molecule has 3 aromatic heterocycles. The Morgan fingerprint density at radius 3 is 2.54 bits per heavy atom. The van der Waals surface area contributed by atoms with Crippen LogP contribution in [0.2, 0.25) is 0 Å². The average molecular weight is 378 g/mol. The molecule has 7 nitrogen and oxygen atoms in total. The van der Waals surface area contributed by atoms with E-state index >= 15 is 0 Å². The third-order valence-corrected chi connectivity index (χ3v) is 4.85. The summed E-state index contributed by atoms with van der Waals surface area (Å²) in [7, 11) is 3.22. The summed E-state index contributed by atoms with van der Waals surface area (Å²) in [5, 5.41) is 15.8. The van der Waals surface area contributed by atoms with Crippen molar-refractivity contribution < 1.29 is 14.6 Å². The van der Waals surface area contributed by atoms with Crippen LogP contribution in [0.15, 0.2) is 42.9 Å². The largest absolute Gasteiger partial charge is 0.494 e. The maximum atomic E-state index is 10.8. The Balaban J connectivity index is 1.85. The van der Waals surface area contributed by atoms with Gasteiger partial charge in [0.2, 0.25) is 5.88 Å². The molecule has 0 spiro atoms.